The van der Waals surface area contributed by atoms with Crippen LogP contribution in [0.1, 0.15) is 17.9 Å². The van der Waals surface area contributed by atoms with E-state index in [-0.39, 0.29) is 0 Å². The van der Waals surface area contributed by atoms with Crippen LogP contribution >= 0.6 is 0 Å². The molecule has 3 aromatic rings. The Bertz CT molecular complexity index is 838. The highest BCUT2D eigenvalue weighted by Gasteiger charge is 2.17. The van der Waals surface area contributed by atoms with Gasteiger partial charge in [0.2, 0.25) is 5.95 Å². The molecule has 0 saturated carbocycles. The summed E-state index contributed by atoms with van der Waals surface area (Å²) < 4.78 is 11.2. The van der Waals surface area contributed by atoms with Crippen molar-refractivity contribution in [3.05, 3.63) is 35.9 Å². The van der Waals surface area contributed by atoms with Crippen molar-refractivity contribution in [2.24, 2.45) is 0 Å². The number of rotatable bonds is 7. The second kappa shape index (κ2) is 7.48. The molecule has 0 amide bonds. The van der Waals surface area contributed by atoms with Gasteiger partial charge in [0.05, 0.1) is 11.3 Å². The maximum Gasteiger partial charge on any atom is 0.223 e. The van der Waals surface area contributed by atoms with E-state index in [4.69, 9.17) is 8.94 Å². The van der Waals surface area contributed by atoms with E-state index in [9.17, 15) is 0 Å². The molecule has 7 heteroatoms. The normalized spacial score (nSPS) is 11.2. The molecule has 0 unspecified atom stereocenters. The van der Waals surface area contributed by atoms with E-state index in [1.54, 1.807) is 6.20 Å². The lowest BCUT2D eigenvalue weighted by atomic mass is 10.1. The van der Waals surface area contributed by atoms with Crippen LogP contribution in [-0.2, 0) is 0 Å². The van der Waals surface area contributed by atoms with Crippen LogP contribution in [0.25, 0.3) is 22.8 Å². The standard InChI is InChI=1S/C18H23N5O2/c1-12-10-16(25-22-12)14-11-20-18(19-8-5-9-23(3)4)21-17(14)15-7-6-13(2)24-15/h6-7,10-11H,5,8-9H2,1-4H3,(H,19,20,21). The number of nitrogens with zero attached hydrogens (tertiary/aromatic N) is 4. The Morgan fingerprint density at radius 2 is 2.00 bits per heavy atom. The first-order chi connectivity index (χ1) is 12.0. The summed E-state index contributed by atoms with van der Waals surface area (Å²) in [4.78, 5) is 11.2. The maximum atomic E-state index is 5.76. The predicted molar refractivity (Wildman–Crippen MR) is 96.4 cm³/mol. The molecule has 3 aromatic heterocycles. The van der Waals surface area contributed by atoms with Crippen molar-refractivity contribution in [2.45, 2.75) is 20.3 Å². The largest absolute Gasteiger partial charge is 0.460 e. The predicted octanol–water partition coefficient (Wildman–Crippen LogP) is 3.37. The third-order valence-corrected chi connectivity index (χ3v) is 3.72. The summed E-state index contributed by atoms with van der Waals surface area (Å²) >= 11 is 0. The highest BCUT2D eigenvalue weighted by atomic mass is 16.5. The first-order valence-electron chi connectivity index (χ1n) is 8.29. The van der Waals surface area contributed by atoms with Crippen LogP contribution in [0.4, 0.5) is 5.95 Å². The van der Waals surface area contributed by atoms with E-state index in [1.807, 2.05) is 32.0 Å². The number of hydrogen-bond acceptors (Lipinski definition) is 7. The molecule has 0 atom stereocenters. The van der Waals surface area contributed by atoms with Gasteiger partial charge in [-0.3, -0.25) is 0 Å². The van der Waals surface area contributed by atoms with E-state index in [0.717, 1.165) is 36.5 Å². The Hall–Kier alpha value is -2.67. The van der Waals surface area contributed by atoms with Gasteiger partial charge in [-0.2, -0.15) is 0 Å². The second-order valence-corrected chi connectivity index (χ2v) is 6.28. The zero-order valence-electron chi connectivity index (χ0n) is 15.0. The minimum atomic E-state index is 0.572. The smallest absolute Gasteiger partial charge is 0.223 e. The zero-order chi connectivity index (χ0) is 17.8. The molecule has 0 aliphatic carbocycles. The fraction of sp³-hybridized carbons (Fsp3) is 0.389. The number of aromatic nitrogens is 3. The van der Waals surface area contributed by atoms with Crippen LogP contribution in [-0.4, -0.2) is 47.2 Å². The lowest BCUT2D eigenvalue weighted by Gasteiger charge is -2.11. The van der Waals surface area contributed by atoms with Gasteiger partial charge in [-0.15, -0.1) is 0 Å². The van der Waals surface area contributed by atoms with Crippen molar-refractivity contribution in [1.29, 1.82) is 0 Å². The van der Waals surface area contributed by atoms with Crippen molar-refractivity contribution >= 4 is 5.95 Å². The van der Waals surface area contributed by atoms with E-state index in [1.165, 1.54) is 0 Å². The summed E-state index contributed by atoms with van der Waals surface area (Å²) in [6.45, 7) is 5.59. The van der Waals surface area contributed by atoms with Gasteiger partial charge in [-0.1, -0.05) is 5.16 Å². The average Bonchev–Trinajstić information content (AvgIpc) is 3.20. The fourth-order valence-corrected chi connectivity index (χ4v) is 2.48. The van der Waals surface area contributed by atoms with Gasteiger partial charge in [-0.05, 0) is 53.0 Å². The number of hydrogen-bond donors (Lipinski definition) is 1. The molecule has 0 radical (unpaired) electrons. The SMILES string of the molecule is Cc1cc(-c2cnc(NCCCN(C)C)nc2-c2ccc(C)o2)on1. The molecule has 132 valence electrons. The summed E-state index contributed by atoms with van der Waals surface area (Å²) in [6.07, 6.45) is 2.75. The molecule has 25 heavy (non-hydrogen) atoms. The number of nitrogens with one attached hydrogen (secondary N) is 1. The van der Waals surface area contributed by atoms with E-state index >= 15 is 0 Å². The molecule has 1 N–H and O–H groups in total. The average molecular weight is 341 g/mol. The molecule has 0 spiro atoms. The van der Waals surface area contributed by atoms with Crippen LogP contribution in [0, 0.1) is 13.8 Å². The number of anilines is 1. The van der Waals surface area contributed by atoms with Crippen molar-refractivity contribution in [3.63, 3.8) is 0 Å². The fourth-order valence-electron chi connectivity index (χ4n) is 2.48. The third kappa shape index (κ3) is 4.24. The molecule has 7 nitrogen and oxygen atoms in total. The Kier molecular flexibility index (Phi) is 5.14. The van der Waals surface area contributed by atoms with Crippen molar-refractivity contribution in [2.75, 3.05) is 32.5 Å². The molecule has 0 fully saturated rings. The van der Waals surface area contributed by atoms with Crippen LogP contribution in [0.15, 0.2) is 33.3 Å². The summed E-state index contributed by atoms with van der Waals surface area (Å²) in [5, 5.41) is 7.22. The minimum absolute atomic E-state index is 0.572. The van der Waals surface area contributed by atoms with Crippen molar-refractivity contribution in [1.82, 2.24) is 20.0 Å². The Morgan fingerprint density at radius 1 is 1.16 bits per heavy atom. The molecular weight excluding hydrogens is 318 g/mol. The Balaban J connectivity index is 1.88. The first-order valence-corrected chi connectivity index (χ1v) is 8.29. The highest BCUT2D eigenvalue weighted by molar-refractivity contribution is 5.75. The summed E-state index contributed by atoms with van der Waals surface area (Å²) in [7, 11) is 4.12. The molecule has 0 saturated heterocycles. The monoisotopic (exact) mass is 341 g/mol. The third-order valence-electron chi connectivity index (χ3n) is 3.72. The van der Waals surface area contributed by atoms with Gasteiger partial charge >= 0.3 is 0 Å². The molecule has 0 aliphatic heterocycles. The van der Waals surface area contributed by atoms with Gasteiger partial charge in [-0.25, -0.2) is 9.97 Å². The number of aryl methyl sites for hydroxylation is 2. The summed E-state index contributed by atoms with van der Waals surface area (Å²) in [5.41, 5.74) is 2.26. The Morgan fingerprint density at radius 3 is 2.64 bits per heavy atom. The van der Waals surface area contributed by atoms with Crippen LogP contribution in [0.2, 0.25) is 0 Å². The summed E-state index contributed by atoms with van der Waals surface area (Å²) in [6, 6.07) is 5.68. The molecule has 3 rings (SSSR count). The van der Waals surface area contributed by atoms with E-state index in [2.05, 4.69) is 39.4 Å². The Labute approximate surface area is 147 Å². The van der Waals surface area contributed by atoms with Gasteiger partial charge in [0.15, 0.2) is 11.5 Å². The van der Waals surface area contributed by atoms with Crippen LogP contribution < -0.4 is 5.32 Å². The van der Waals surface area contributed by atoms with Crippen LogP contribution in [0.5, 0.6) is 0 Å². The topological polar surface area (TPSA) is 80.2 Å². The molecule has 3 heterocycles. The van der Waals surface area contributed by atoms with E-state index < -0.39 is 0 Å². The van der Waals surface area contributed by atoms with Gasteiger partial charge < -0.3 is 19.2 Å². The van der Waals surface area contributed by atoms with Gasteiger partial charge in [0, 0.05) is 18.8 Å². The summed E-state index contributed by atoms with van der Waals surface area (Å²) in [5.74, 6) is 2.71. The lowest BCUT2D eigenvalue weighted by molar-refractivity contribution is 0.405. The van der Waals surface area contributed by atoms with Crippen molar-refractivity contribution < 1.29 is 8.94 Å². The molecular formula is C18H23N5O2. The molecule has 0 aromatic carbocycles. The zero-order valence-corrected chi connectivity index (χ0v) is 15.0. The highest BCUT2D eigenvalue weighted by Crippen LogP contribution is 2.32. The van der Waals surface area contributed by atoms with Crippen molar-refractivity contribution in [3.8, 4) is 22.8 Å². The van der Waals surface area contributed by atoms with Gasteiger partial charge in [0.1, 0.15) is 11.5 Å². The second-order valence-electron chi connectivity index (χ2n) is 6.28. The van der Waals surface area contributed by atoms with Crippen LogP contribution in [0.3, 0.4) is 0 Å². The minimum Gasteiger partial charge on any atom is -0.460 e. The molecule has 0 bridgehead atoms. The number of furan rings is 1. The lowest BCUT2D eigenvalue weighted by Crippen LogP contribution is -2.17. The van der Waals surface area contributed by atoms with Gasteiger partial charge in [0.25, 0.3) is 0 Å². The first kappa shape index (κ1) is 17.2. The maximum absolute atomic E-state index is 5.76. The molecule has 0 aliphatic rings. The van der Waals surface area contributed by atoms with E-state index in [0.29, 0.717) is 23.2 Å². The quantitative estimate of drug-likeness (QED) is 0.660.